The maximum Gasteiger partial charge on any atom is 0.255 e. The Hall–Kier alpha value is -2.66. The summed E-state index contributed by atoms with van der Waals surface area (Å²) in [5.41, 5.74) is 3.35. The Balaban J connectivity index is 1.64. The van der Waals surface area contributed by atoms with Gasteiger partial charge in [-0.05, 0) is 48.7 Å². The van der Waals surface area contributed by atoms with Crippen molar-refractivity contribution in [2.24, 2.45) is 0 Å². The Bertz CT molecular complexity index is 999. The van der Waals surface area contributed by atoms with E-state index >= 15 is 0 Å². The monoisotopic (exact) mass is 307 g/mol. The molecule has 0 fully saturated rings. The summed E-state index contributed by atoms with van der Waals surface area (Å²) in [6.07, 6.45) is 1.87. The standard InChI is InChI=1S/C17H13N3OS/c1-10-19-14-5-4-13(9-16(14)22-10)20-17(21)12-3-2-11-6-7-18-15(11)8-12/h2-9,18H,1H3,(H,20,21). The van der Waals surface area contributed by atoms with Crippen LogP contribution in [0.15, 0.2) is 48.7 Å². The van der Waals surface area contributed by atoms with Crippen molar-refractivity contribution in [2.45, 2.75) is 6.92 Å². The molecule has 0 saturated carbocycles. The molecule has 0 aliphatic rings. The van der Waals surface area contributed by atoms with Crippen LogP contribution in [0, 0.1) is 6.92 Å². The first-order valence-corrected chi connectivity index (χ1v) is 7.76. The molecule has 0 unspecified atom stereocenters. The first kappa shape index (κ1) is 13.0. The third-order valence-electron chi connectivity index (χ3n) is 3.57. The van der Waals surface area contributed by atoms with E-state index in [1.807, 2.05) is 55.6 Å². The van der Waals surface area contributed by atoms with Gasteiger partial charge in [0.05, 0.1) is 15.2 Å². The third-order valence-corrected chi connectivity index (χ3v) is 4.50. The fraction of sp³-hybridized carbons (Fsp3) is 0.0588. The summed E-state index contributed by atoms with van der Waals surface area (Å²) in [7, 11) is 0. The van der Waals surface area contributed by atoms with E-state index in [1.165, 1.54) is 0 Å². The number of nitrogens with one attached hydrogen (secondary N) is 2. The number of benzene rings is 2. The lowest BCUT2D eigenvalue weighted by molar-refractivity contribution is 0.102. The zero-order valence-corrected chi connectivity index (χ0v) is 12.7. The highest BCUT2D eigenvalue weighted by Crippen LogP contribution is 2.25. The van der Waals surface area contributed by atoms with Crippen LogP contribution >= 0.6 is 11.3 Å². The van der Waals surface area contributed by atoms with Crippen LogP contribution in [0.1, 0.15) is 15.4 Å². The van der Waals surface area contributed by atoms with Gasteiger partial charge in [0.1, 0.15) is 0 Å². The second-order valence-electron chi connectivity index (χ2n) is 5.15. The van der Waals surface area contributed by atoms with Crippen molar-refractivity contribution in [3.05, 3.63) is 59.2 Å². The smallest absolute Gasteiger partial charge is 0.255 e. The van der Waals surface area contributed by atoms with Crippen molar-refractivity contribution in [2.75, 3.05) is 5.32 Å². The van der Waals surface area contributed by atoms with E-state index in [0.717, 1.165) is 31.8 Å². The molecule has 2 N–H and O–H groups in total. The normalized spacial score (nSPS) is 11.1. The van der Waals surface area contributed by atoms with E-state index in [2.05, 4.69) is 15.3 Å². The maximum atomic E-state index is 12.4. The number of H-pyrrole nitrogens is 1. The highest BCUT2D eigenvalue weighted by Gasteiger charge is 2.09. The van der Waals surface area contributed by atoms with Crippen LogP contribution in [0.4, 0.5) is 5.69 Å². The molecule has 4 aromatic rings. The molecular weight excluding hydrogens is 294 g/mol. The Morgan fingerprint density at radius 3 is 3.00 bits per heavy atom. The van der Waals surface area contributed by atoms with Gasteiger partial charge in [-0.2, -0.15) is 0 Å². The molecule has 0 radical (unpaired) electrons. The summed E-state index contributed by atoms with van der Waals surface area (Å²) >= 11 is 1.62. The zero-order chi connectivity index (χ0) is 15.1. The lowest BCUT2D eigenvalue weighted by atomic mass is 10.1. The molecular formula is C17H13N3OS. The molecule has 0 saturated heterocycles. The predicted octanol–water partition coefficient (Wildman–Crippen LogP) is 4.34. The molecule has 2 aromatic heterocycles. The van der Waals surface area contributed by atoms with Crippen LogP contribution in [0.5, 0.6) is 0 Å². The fourth-order valence-corrected chi connectivity index (χ4v) is 3.38. The number of aromatic nitrogens is 2. The summed E-state index contributed by atoms with van der Waals surface area (Å²) in [6.45, 7) is 1.98. The molecule has 108 valence electrons. The maximum absolute atomic E-state index is 12.4. The summed E-state index contributed by atoms with van der Waals surface area (Å²) in [5.74, 6) is -0.114. The largest absolute Gasteiger partial charge is 0.361 e. The van der Waals surface area contributed by atoms with Gasteiger partial charge in [0.25, 0.3) is 5.91 Å². The second kappa shape index (κ2) is 4.96. The number of amides is 1. The molecule has 1 amide bonds. The summed E-state index contributed by atoms with van der Waals surface area (Å²) in [6, 6.07) is 13.4. The van der Waals surface area contributed by atoms with Gasteiger partial charge in [0, 0.05) is 23.0 Å². The minimum Gasteiger partial charge on any atom is -0.361 e. The Labute approximate surface area is 130 Å². The number of carbonyl (C=O) groups is 1. The number of anilines is 1. The number of thiazole rings is 1. The van der Waals surface area contributed by atoms with Crippen molar-refractivity contribution in [3.63, 3.8) is 0 Å². The van der Waals surface area contributed by atoms with Gasteiger partial charge in [0.15, 0.2) is 0 Å². The zero-order valence-electron chi connectivity index (χ0n) is 11.9. The lowest BCUT2D eigenvalue weighted by Gasteiger charge is -2.05. The minimum absolute atomic E-state index is 0.114. The van der Waals surface area contributed by atoms with E-state index in [0.29, 0.717) is 5.56 Å². The highest BCUT2D eigenvalue weighted by molar-refractivity contribution is 7.18. The molecule has 22 heavy (non-hydrogen) atoms. The SMILES string of the molecule is Cc1nc2ccc(NC(=O)c3ccc4cc[nH]c4c3)cc2s1. The van der Waals surface area contributed by atoms with Gasteiger partial charge in [-0.25, -0.2) is 4.98 Å². The minimum atomic E-state index is -0.114. The number of carbonyl (C=O) groups excluding carboxylic acids is 1. The van der Waals surface area contributed by atoms with Gasteiger partial charge in [0.2, 0.25) is 0 Å². The lowest BCUT2D eigenvalue weighted by Crippen LogP contribution is -2.11. The average molecular weight is 307 g/mol. The number of hydrogen-bond acceptors (Lipinski definition) is 3. The molecule has 4 rings (SSSR count). The molecule has 0 bridgehead atoms. The molecule has 2 aromatic carbocycles. The molecule has 2 heterocycles. The average Bonchev–Trinajstić information content (AvgIpc) is 3.10. The topological polar surface area (TPSA) is 57.8 Å². The van der Waals surface area contributed by atoms with Crippen molar-refractivity contribution < 1.29 is 4.79 Å². The van der Waals surface area contributed by atoms with Gasteiger partial charge in [-0.1, -0.05) is 6.07 Å². The summed E-state index contributed by atoms with van der Waals surface area (Å²) < 4.78 is 1.08. The Morgan fingerprint density at radius 1 is 1.18 bits per heavy atom. The first-order chi connectivity index (χ1) is 10.7. The second-order valence-corrected chi connectivity index (χ2v) is 6.38. The van der Waals surface area contributed by atoms with Crippen LogP contribution in [0.3, 0.4) is 0 Å². The quantitative estimate of drug-likeness (QED) is 0.579. The van der Waals surface area contributed by atoms with Crippen molar-refractivity contribution >= 4 is 44.1 Å². The fourth-order valence-electron chi connectivity index (χ4n) is 2.51. The third kappa shape index (κ3) is 2.25. The summed E-state index contributed by atoms with van der Waals surface area (Å²) in [4.78, 5) is 19.9. The van der Waals surface area contributed by atoms with E-state index in [1.54, 1.807) is 11.3 Å². The van der Waals surface area contributed by atoms with E-state index < -0.39 is 0 Å². The number of aromatic amines is 1. The molecule has 0 aliphatic carbocycles. The van der Waals surface area contributed by atoms with Gasteiger partial charge >= 0.3 is 0 Å². The number of rotatable bonds is 2. The van der Waals surface area contributed by atoms with E-state index in [9.17, 15) is 4.79 Å². The van der Waals surface area contributed by atoms with Gasteiger partial charge in [-0.3, -0.25) is 4.79 Å². The Kier molecular flexibility index (Phi) is 2.94. The predicted molar refractivity (Wildman–Crippen MR) is 90.6 cm³/mol. The van der Waals surface area contributed by atoms with Crippen molar-refractivity contribution in [1.29, 1.82) is 0 Å². The molecule has 0 atom stereocenters. The number of fused-ring (bicyclic) bond motifs is 2. The summed E-state index contributed by atoms with van der Waals surface area (Å²) in [5, 5.41) is 5.06. The van der Waals surface area contributed by atoms with E-state index in [4.69, 9.17) is 0 Å². The first-order valence-electron chi connectivity index (χ1n) is 6.95. The van der Waals surface area contributed by atoms with Crippen LogP contribution in [0.2, 0.25) is 0 Å². The van der Waals surface area contributed by atoms with Gasteiger partial charge in [-0.15, -0.1) is 11.3 Å². The number of aryl methyl sites for hydroxylation is 1. The van der Waals surface area contributed by atoms with E-state index in [-0.39, 0.29) is 5.91 Å². The van der Waals surface area contributed by atoms with Crippen LogP contribution in [-0.4, -0.2) is 15.9 Å². The highest BCUT2D eigenvalue weighted by atomic mass is 32.1. The number of hydrogen-bond donors (Lipinski definition) is 2. The van der Waals surface area contributed by atoms with Crippen molar-refractivity contribution in [3.8, 4) is 0 Å². The van der Waals surface area contributed by atoms with Crippen LogP contribution < -0.4 is 5.32 Å². The number of nitrogens with zero attached hydrogens (tertiary/aromatic N) is 1. The van der Waals surface area contributed by atoms with Crippen LogP contribution in [-0.2, 0) is 0 Å². The van der Waals surface area contributed by atoms with Gasteiger partial charge < -0.3 is 10.3 Å². The molecule has 0 aliphatic heterocycles. The molecule has 4 nitrogen and oxygen atoms in total. The van der Waals surface area contributed by atoms with Crippen LogP contribution in [0.25, 0.3) is 21.1 Å². The Morgan fingerprint density at radius 2 is 2.09 bits per heavy atom. The molecule has 5 heteroatoms. The van der Waals surface area contributed by atoms with Crippen molar-refractivity contribution in [1.82, 2.24) is 9.97 Å². The molecule has 0 spiro atoms.